The van der Waals surface area contributed by atoms with Crippen LogP contribution in [0.3, 0.4) is 0 Å². The molecule has 2 N–H and O–H groups in total. The average molecular weight is 351 g/mol. The fourth-order valence-corrected chi connectivity index (χ4v) is 2.86. The van der Waals surface area contributed by atoms with Gasteiger partial charge >= 0.3 is 0 Å². The van der Waals surface area contributed by atoms with Crippen LogP contribution in [0, 0.1) is 13.8 Å². The first-order valence-corrected chi connectivity index (χ1v) is 9.86. The van der Waals surface area contributed by atoms with Gasteiger partial charge in [0, 0.05) is 31.9 Å². The van der Waals surface area contributed by atoms with Crippen LogP contribution in [0.25, 0.3) is 0 Å². The molecule has 0 aliphatic carbocycles. The topological polar surface area (TPSA) is 57.5 Å². The molecule has 25 heavy (non-hydrogen) atoms. The summed E-state index contributed by atoms with van der Waals surface area (Å²) in [6, 6.07) is 2.12. The Morgan fingerprint density at radius 2 is 1.88 bits per heavy atom. The largest absolute Gasteiger partial charge is 0.357 e. The Kier molecular flexibility index (Phi) is 11.0. The second-order valence-electron chi connectivity index (χ2n) is 6.43. The number of hydrogen-bond acceptors (Lipinski definition) is 3. The third-order valence-corrected chi connectivity index (χ3v) is 4.33. The predicted octanol–water partition coefficient (Wildman–Crippen LogP) is 2.57. The van der Waals surface area contributed by atoms with Crippen LogP contribution in [0.5, 0.6) is 0 Å². The molecule has 0 atom stereocenters. The van der Waals surface area contributed by atoms with E-state index >= 15 is 0 Å². The first-order chi connectivity index (χ1) is 12.1. The molecular weight excluding hydrogens is 312 g/mol. The summed E-state index contributed by atoms with van der Waals surface area (Å²) in [5.74, 6) is 0.929. The van der Waals surface area contributed by atoms with Gasteiger partial charge in [0.2, 0.25) is 0 Å². The number of nitrogens with one attached hydrogen (secondary N) is 2. The quantitative estimate of drug-likeness (QED) is 0.346. The van der Waals surface area contributed by atoms with E-state index in [1.54, 1.807) is 0 Å². The van der Waals surface area contributed by atoms with Gasteiger partial charge in [-0.3, -0.25) is 9.67 Å². The zero-order valence-electron chi connectivity index (χ0n) is 16.9. The number of hydrogen-bond donors (Lipinski definition) is 2. The molecule has 144 valence electrons. The van der Waals surface area contributed by atoms with Crippen molar-refractivity contribution in [1.82, 2.24) is 25.3 Å². The van der Waals surface area contributed by atoms with Gasteiger partial charge in [-0.2, -0.15) is 5.10 Å². The molecule has 0 amide bonds. The van der Waals surface area contributed by atoms with E-state index in [9.17, 15) is 0 Å². The number of guanidine groups is 1. The molecule has 0 unspecified atom stereocenters. The Hall–Kier alpha value is -1.56. The van der Waals surface area contributed by atoms with Crippen LogP contribution >= 0.6 is 0 Å². The minimum Gasteiger partial charge on any atom is -0.357 e. The van der Waals surface area contributed by atoms with Crippen LogP contribution in [-0.2, 0) is 6.54 Å². The Morgan fingerprint density at radius 3 is 2.48 bits per heavy atom. The molecule has 1 heterocycles. The minimum atomic E-state index is 0.813. The average Bonchev–Trinajstić information content (AvgIpc) is 2.92. The van der Waals surface area contributed by atoms with Crippen LogP contribution in [0.15, 0.2) is 11.1 Å². The predicted molar refractivity (Wildman–Crippen MR) is 107 cm³/mol. The van der Waals surface area contributed by atoms with Crippen LogP contribution in [0.4, 0.5) is 0 Å². The van der Waals surface area contributed by atoms with Crippen molar-refractivity contribution in [1.29, 1.82) is 0 Å². The van der Waals surface area contributed by atoms with E-state index in [0.717, 1.165) is 57.3 Å². The van der Waals surface area contributed by atoms with E-state index < -0.39 is 0 Å². The molecule has 1 aromatic heterocycles. The first kappa shape index (κ1) is 21.5. The summed E-state index contributed by atoms with van der Waals surface area (Å²) in [4.78, 5) is 7.14. The lowest BCUT2D eigenvalue weighted by Gasteiger charge is -2.18. The highest BCUT2D eigenvalue weighted by molar-refractivity contribution is 5.79. The number of aromatic nitrogens is 2. The fraction of sp³-hybridized carbons (Fsp3) is 0.789. The monoisotopic (exact) mass is 350 g/mol. The highest BCUT2D eigenvalue weighted by Crippen LogP contribution is 2.02. The SMILES string of the molecule is CCNC(=NCCCn1nc(C)cc1C)NCCCCN(CC)CC. The van der Waals surface area contributed by atoms with E-state index in [4.69, 9.17) is 0 Å². The molecule has 0 bridgehead atoms. The second-order valence-corrected chi connectivity index (χ2v) is 6.43. The Morgan fingerprint density at radius 1 is 1.12 bits per heavy atom. The number of unbranched alkanes of at least 4 members (excludes halogenated alkanes) is 1. The molecule has 0 radical (unpaired) electrons. The molecule has 0 spiro atoms. The van der Waals surface area contributed by atoms with Gasteiger partial charge in [0.15, 0.2) is 5.96 Å². The number of aliphatic imine (C=N–C) groups is 1. The molecule has 1 rings (SSSR count). The summed E-state index contributed by atoms with van der Waals surface area (Å²) in [7, 11) is 0. The van der Waals surface area contributed by atoms with Crippen molar-refractivity contribution in [2.24, 2.45) is 4.99 Å². The highest BCUT2D eigenvalue weighted by Gasteiger charge is 2.01. The first-order valence-electron chi connectivity index (χ1n) is 9.86. The lowest BCUT2D eigenvalue weighted by molar-refractivity contribution is 0.297. The van der Waals surface area contributed by atoms with E-state index in [-0.39, 0.29) is 0 Å². The maximum atomic E-state index is 4.67. The van der Waals surface area contributed by atoms with Gasteiger partial charge in [0.1, 0.15) is 0 Å². The van der Waals surface area contributed by atoms with Gasteiger partial charge in [0.25, 0.3) is 0 Å². The third kappa shape index (κ3) is 8.91. The minimum absolute atomic E-state index is 0.813. The zero-order chi connectivity index (χ0) is 18.5. The van der Waals surface area contributed by atoms with Crippen LogP contribution in [0.1, 0.15) is 51.4 Å². The maximum Gasteiger partial charge on any atom is 0.191 e. The standard InChI is InChI=1S/C19H38N6/c1-6-20-19(21-12-9-10-14-24(7-2)8-3)22-13-11-15-25-18(5)16-17(4)23-25/h16H,6-15H2,1-5H3,(H2,20,21,22). The normalized spacial score (nSPS) is 12.0. The summed E-state index contributed by atoms with van der Waals surface area (Å²) >= 11 is 0. The van der Waals surface area contributed by atoms with Crippen molar-refractivity contribution in [3.63, 3.8) is 0 Å². The smallest absolute Gasteiger partial charge is 0.191 e. The maximum absolute atomic E-state index is 4.67. The highest BCUT2D eigenvalue weighted by atomic mass is 15.3. The van der Waals surface area contributed by atoms with Crippen molar-refractivity contribution < 1.29 is 0 Å². The molecule has 1 aromatic rings. The lowest BCUT2D eigenvalue weighted by atomic mass is 10.3. The molecule has 0 aliphatic heterocycles. The molecule has 6 nitrogen and oxygen atoms in total. The van der Waals surface area contributed by atoms with E-state index in [1.165, 1.54) is 25.1 Å². The van der Waals surface area contributed by atoms with Crippen molar-refractivity contribution in [3.05, 3.63) is 17.5 Å². The van der Waals surface area contributed by atoms with Crippen molar-refractivity contribution in [2.45, 2.75) is 60.4 Å². The lowest BCUT2D eigenvalue weighted by Crippen LogP contribution is -2.38. The van der Waals surface area contributed by atoms with E-state index in [0.29, 0.717) is 0 Å². The van der Waals surface area contributed by atoms with Gasteiger partial charge in [-0.15, -0.1) is 0 Å². The number of aryl methyl sites for hydroxylation is 3. The Bertz CT molecular complexity index is 490. The molecule has 6 heteroatoms. The molecule has 0 aromatic carbocycles. The van der Waals surface area contributed by atoms with Crippen molar-refractivity contribution >= 4 is 5.96 Å². The summed E-state index contributed by atoms with van der Waals surface area (Å²) in [6.45, 7) is 17.8. The number of rotatable bonds is 12. The van der Waals surface area contributed by atoms with Crippen LogP contribution in [0.2, 0.25) is 0 Å². The van der Waals surface area contributed by atoms with Gasteiger partial charge in [0.05, 0.1) is 5.69 Å². The molecule has 0 saturated carbocycles. The fourth-order valence-electron chi connectivity index (χ4n) is 2.86. The summed E-state index contributed by atoms with van der Waals surface area (Å²) in [5.41, 5.74) is 2.31. The summed E-state index contributed by atoms with van der Waals surface area (Å²) in [5, 5.41) is 11.3. The summed E-state index contributed by atoms with van der Waals surface area (Å²) < 4.78 is 2.07. The van der Waals surface area contributed by atoms with E-state index in [1.807, 2.05) is 6.92 Å². The van der Waals surface area contributed by atoms with Crippen molar-refractivity contribution in [3.8, 4) is 0 Å². The van der Waals surface area contributed by atoms with Crippen LogP contribution in [-0.4, -0.2) is 59.9 Å². The molecule has 0 saturated heterocycles. The van der Waals surface area contributed by atoms with Gasteiger partial charge < -0.3 is 15.5 Å². The number of nitrogens with zero attached hydrogens (tertiary/aromatic N) is 4. The van der Waals surface area contributed by atoms with Crippen molar-refractivity contribution in [2.75, 3.05) is 39.3 Å². The zero-order valence-corrected chi connectivity index (χ0v) is 16.9. The Labute approximate surface area is 154 Å². The van der Waals surface area contributed by atoms with Gasteiger partial charge in [-0.25, -0.2) is 0 Å². The second kappa shape index (κ2) is 12.8. The molecule has 0 fully saturated rings. The molecule has 0 aliphatic rings. The Balaban J connectivity index is 2.25. The van der Waals surface area contributed by atoms with Gasteiger partial charge in [-0.05, 0) is 65.7 Å². The summed E-state index contributed by atoms with van der Waals surface area (Å²) in [6.07, 6.45) is 3.40. The van der Waals surface area contributed by atoms with Crippen LogP contribution < -0.4 is 10.6 Å². The molecular formula is C19H38N6. The van der Waals surface area contributed by atoms with Gasteiger partial charge in [-0.1, -0.05) is 13.8 Å². The third-order valence-electron chi connectivity index (χ3n) is 4.33. The van der Waals surface area contributed by atoms with E-state index in [2.05, 4.69) is 64.1 Å².